The summed E-state index contributed by atoms with van der Waals surface area (Å²) in [6.45, 7) is 2.11. The van der Waals surface area contributed by atoms with Crippen LogP contribution in [0, 0.1) is 18.3 Å². The van der Waals surface area contributed by atoms with Crippen molar-refractivity contribution in [1.82, 2.24) is 4.90 Å². The molecule has 0 spiro atoms. The molecule has 1 aliphatic heterocycles. The average molecular weight is 219 g/mol. The van der Waals surface area contributed by atoms with Crippen molar-refractivity contribution < 1.29 is 4.79 Å². The predicted molar refractivity (Wildman–Crippen MR) is 65.0 cm³/mol. The van der Waals surface area contributed by atoms with Crippen molar-refractivity contribution >= 4 is 5.78 Å². The highest BCUT2D eigenvalue weighted by Gasteiger charge is 2.36. The van der Waals surface area contributed by atoms with Crippen LogP contribution in [0.4, 0.5) is 0 Å². The van der Waals surface area contributed by atoms with Gasteiger partial charge in [-0.05, 0) is 32.2 Å². The Hall–Kier alpha value is -0.810. The van der Waals surface area contributed by atoms with Gasteiger partial charge in [-0.3, -0.25) is 9.69 Å². The molecule has 2 unspecified atom stereocenters. The lowest BCUT2D eigenvalue weighted by Gasteiger charge is -2.38. The van der Waals surface area contributed by atoms with Gasteiger partial charge in [0.1, 0.15) is 5.78 Å². The topological polar surface area (TPSA) is 20.3 Å². The van der Waals surface area contributed by atoms with E-state index in [4.69, 9.17) is 6.42 Å². The molecule has 1 aliphatic carbocycles. The zero-order valence-corrected chi connectivity index (χ0v) is 9.95. The van der Waals surface area contributed by atoms with Crippen LogP contribution < -0.4 is 0 Å². The van der Waals surface area contributed by atoms with Crippen molar-refractivity contribution in [3.8, 4) is 12.3 Å². The quantitative estimate of drug-likeness (QED) is 0.678. The third-order valence-electron chi connectivity index (χ3n) is 4.02. The zero-order valence-electron chi connectivity index (χ0n) is 9.95. The van der Waals surface area contributed by atoms with Gasteiger partial charge in [0.15, 0.2) is 0 Å². The molecule has 16 heavy (non-hydrogen) atoms. The molecule has 1 heterocycles. The summed E-state index contributed by atoms with van der Waals surface area (Å²) in [5.41, 5.74) is 0. The van der Waals surface area contributed by atoms with Gasteiger partial charge >= 0.3 is 0 Å². The molecule has 2 aliphatic rings. The molecule has 2 fully saturated rings. The first kappa shape index (κ1) is 11.7. The normalized spacial score (nSPS) is 31.6. The van der Waals surface area contributed by atoms with Crippen molar-refractivity contribution in [2.24, 2.45) is 5.92 Å². The summed E-state index contributed by atoms with van der Waals surface area (Å²) in [5.74, 6) is 3.53. The highest BCUT2D eigenvalue weighted by molar-refractivity contribution is 5.83. The molecule has 0 aromatic heterocycles. The number of nitrogens with zero attached hydrogens (tertiary/aromatic N) is 1. The van der Waals surface area contributed by atoms with Gasteiger partial charge in [-0.1, -0.05) is 6.42 Å². The van der Waals surface area contributed by atoms with Crippen LogP contribution in [0.5, 0.6) is 0 Å². The van der Waals surface area contributed by atoms with Crippen LogP contribution in [0.25, 0.3) is 0 Å². The number of likely N-dealkylation sites (tertiary alicyclic amines) is 1. The van der Waals surface area contributed by atoms with Gasteiger partial charge in [0.25, 0.3) is 0 Å². The average Bonchev–Trinajstić information content (AvgIpc) is 2.73. The Kier molecular flexibility index (Phi) is 4.01. The largest absolute Gasteiger partial charge is 0.299 e. The third-order valence-corrected chi connectivity index (χ3v) is 4.02. The van der Waals surface area contributed by atoms with Crippen LogP contribution in [0.15, 0.2) is 0 Å². The van der Waals surface area contributed by atoms with Gasteiger partial charge in [-0.15, -0.1) is 12.3 Å². The van der Waals surface area contributed by atoms with E-state index in [9.17, 15) is 4.79 Å². The van der Waals surface area contributed by atoms with Crippen LogP contribution in [0.1, 0.15) is 44.9 Å². The molecule has 2 heteroatoms. The fourth-order valence-electron chi connectivity index (χ4n) is 3.21. The molecule has 0 amide bonds. The van der Waals surface area contributed by atoms with Crippen LogP contribution >= 0.6 is 0 Å². The summed E-state index contributed by atoms with van der Waals surface area (Å²) in [6, 6.07) is 0.497. The minimum atomic E-state index is 0.318. The molecule has 88 valence electrons. The lowest BCUT2D eigenvalue weighted by molar-refractivity contribution is -0.123. The van der Waals surface area contributed by atoms with E-state index in [2.05, 4.69) is 10.8 Å². The molecular weight excluding hydrogens is 198 g/mol. The first-order valence-electron chi connectivity index (χ1n) is 6.53. The Labute approximate surface area is 98.4 Å². The first-order chi connectivity index (χ1) is 7.83. The molecule has 1 saturated heterocycles. The lowest BCUT2D eigenvalue weighted by atomic mass is 9.88. The summed E-state index contributed by atoms with van der Waals surface area (Å²) in [5, 5.41) is 0. The van der Waals surface area contributed by atoms with Crippen molar-refractivity contribution in [2.75, 3.05) is 13.1 Å². The smallest absolute Gasteiger partial charge is 0.137 e. The molecule has 0 aromatic carbocycles. The van der Waals surface area contributed by atoms with Crippen LogP contribution in [-0.2, 0) is 4.79 Å². The van der Waals surface area contributed by atoms with E-state index in [1.54, 1.807) is 0 Å². The Morgan fingerprint density at radius 1 is 1.31 bits per heavy atom. The summed E-state index contributed by atoms with van der Waals surface area (Å²) >= 11 is 0. The molecule has 0 aromatic rings. The van der Waals surface area contributed by atoms with Crippen LogP contribution in [0.3, 0.4) is 0 Å². The maximum atomic E-state index is 11.8. The monoisotopic (exact) mass is 219 g/mol. The minimum absolute atomic E-state index is 0.318. The third kappa shape index (κ3) is 2.47. The number of hydrogen-bond acceptors (Lipinski definition) is 2. The summed E-state index contributed by atoms with van der Waals surface area (Å²) in [7, 11) is 0. The Balaban J connectivity index is 1.98. The molecule has 2 atom stereocenters. The van der Waals surface area contributed by atoms with Crippen molar-refractivity contribution in [3.63, 3.8) is 0 Å². The second kappa shape index (κ2) is 5.50. The number of Topliss-reactive ketones (excluding diaryl/α,β-unsaturated/α-hetero) is 1. The lowest BCUT2D eigenvalue weighted by Crippen LogP contribution is -2.45. The van der Waals surface area contributed by atoms with E-state index in [0.29, 0.717) is 17.7 Å². The van der Waals surface area contributed by atoms with E-state index in [1.807, 2.05) is 0 Å². The Bertz CT molecular complexity index is 292. The highest BCUT2D eigenvalue weighted by Crippen LogP contribution is 2.32. The molecule has 0 bridgehead atoms. The molecule has 2 nitrogen and oxygen atoms in total. The number of carbonyl (C=O) groups is 1. The van der Waals surface area contributed by atoms with Crippen LogP contribution in [-0.4, -0.2) is 29.8 Å². The number of terminal acetylenes is 1. The fourth-order valence-corrected chi connectivity index (χ4v) is 3.21. The van der Waals surface area contributed by atoms with Crippen LogP contribution in [0.2, 0.25) is 0 Å². The number of rotatable bonds is 3. The van der Waals surface area contributed by atoms with Gasteiger partial charge < -0.3 is 0 Å². The second-order valence-corrected chi connectivity index (χ2v) is 5.02. The van der Waals surface area contributed by atoms with Gasteiger partial charge in [0.05, 0.1) is 0 Å². The van der Waals surface area contributed by atoms with Gasteiger partial charge in [-0.25, -0.2) is 0 Å². The van der Waals surface area contributed by atoms with E-state index >= 15 is 0 Å². The van der Waals surface area contributed by atoms with E-state index < -0.39 is 0 Å². The minimum Gasteiger partial charge on any atom is -0.299 e. The van der Waals surface area contributed by atoms with E-state index in [-0.39, 0.29) is 0 Å². The maximum Gasteiger partial charge on any atom is 0.137 e. The molecule has 1 saturated carbocycles. The van der Waals surface area contributed by atoms with E-state index in [1.165, 1.54) is 19.3 Å². The first-order valence-corrected chi connectivity index (χ1v) is 6.53. The van der Waals surface area contributed by atoms with Gasteiger partial charge in [0.2, 0.25) is 0 Å². The highest BCUT2D eigenvalue weighted by atomic mass is 16.1. The Morgan fingerprint density at radius 3 is 2.88 bits per heavy atom. The van der Waals surface area contributed by atoms with E-state index in [0.717, 1.165) is 38.8 Å². The van der Waals surface area contributed by atoms with Crippen molar-refractivity contribution in [3.05, 3.63) is 0 Å². The number of hydrogen-bond donors (Lipinski definition) is 0. The summed E-state index contributed by atoms with van der Waals surface area (Å²) in [6.07, 6.45) is 12.9. The predicted octanol–water partition coefficient (Wildman–Crippen LogP) is 2.23. The zero-order chi connectivity index (χ0) is 11.4. The molecule has 0 N–H and O–H groups in total. The summed E-state index contributed by atoms with van der Waals surface area (Å²) in [4.78, 5) is 14.3. The fraction of sp³-hybridized carbons (Fsp3) is 0.786. The summed E-state index contributed by atoms with van der Waals surface area (Å²) < 4.78 is 0. The molecule has 0 radical (unpaired) electrons. The van der Waals surface area contributed by atoms with Gasteiger partial charge in [0, 0.05) is 31.3 Å². The second-order valence-electron chi connectivity index (χ2n) is 5.02. The number of carbonyl (C=O) groups excluding carboxylic acids is 1. The SMILES string of the molecule is C#CCCN1CCCCC1C1CCCC1=O. The maximum absolute atomic E-state index is 11.8. The molecule has 2 rings (SSSR count). The Morgan fingerprint density at radius 2 is 2.19 bits per heavy atom. The number of ketones is 1. The van der Waals surface area contributed by atoms with Crippen molar-refractivity contribution in [1.29, 1.82) is 0 Å². The number of piperidine rings is 1. The standard InChI is InChI=1S/C14H21NO/c1-2-3-10-15-11-5-4-8-13(15)12-7-6-9-14(12)16/h1,12-13H,3-11H2. The van der Waals surface area contributed by atoms with Gasteiger partial charge in [-0.2, -0.15) is 0 Å². The van der Waals surface area contributed by atoms with Crippen molar-refractivity contribution in [2.45, 2.75) is 51.0 Å². The molecular formula is C14H21NO.